The number of thiophene rings is 1. The minimum atomic E-state index is -0.411. The zero-order chi connectivity index (χ0) is 13.5. The molecule has 2 aromatic heterocycles. The number of carbonyl (C=O) groups is 2. The van der Waals surface area contributed by atoms with Crippen LogP contribution in [0.25, 0.3) is 6.08 Å². The number of amides is 2. The van der Waals surface area contributed by atoms with Gasteiger partial charge in [0, 0.05) is 23.3 Å². The molecule has 2 heterocycles. The van der Waals surface area contributed by atoms with Gasteiger partial charge in [0.05, 0.1) is 5.56 Å². The summed E-state index contributed by atoms with van der Waals surface area (Å²) < 4.78 is 0. The fourth-order valence-corrected chi connectivity index (χ4v) is 1.89. The van der Waals surface area contributed by atoms with Crippen LogP contribution in [0.5, 0.6) is 0 Å². The molecule has 0 bridgehead atoms. The first-order valence-corrected chi connectivity index (χ1v) is 6.35. The highest BCUT2D eigenvalue weighted by molar-refractivity contribution is 7.10. The summed E-state index contributed by atoms with van der Waals surface area (Å²) in [6.07, 6.45) is 6.02. The number of carbonyl (C=O) groups excluding carboxylic acids is 2. The van der Waals surface area contributed by atoms with E-state index in [-0.39, 0.29) is 0 Å². The molecule has 0 aliphatic rings. The molecule has 0 atom stereocenters. The van der Waals surface area contributed by atoms with Gasteiger partial charge in [-0.2, -0.15) is 0 Å². The van der Waals surface area contributed by atoms with Crippen LogP contribution in [0, 0.1) is 0 Å². The molecule has 0 spiro atoms. The first kappa shape index (κ1) is 13.0. The van der Waals surface area contributed by atoms with Crippen molar-refractivity contribution in [1.29, 1.82) is 0 Å². The molecule has 2 amide bonds. The summed E-state index contributed by atoms with van der Waals surface area (Å²) in [6.45, 7) is 0. The highest BCUT2D eigenvalue weighted by atomic mass is 32.1. The molecule has 2 N–H and O–H groups in total. The Morgan fingerprint density at radius 2 is 2.11 bits per heavy atom. The van der Waals surface area contributed by atoms with Crippen LogP contribution in [-0.2, 0) is 4.79 Å². The molecule has 0 aliphatic carbocycles. The van der Waals surface area contributed by atoms with Gasteiger partial charge >= 0.3 is 0 Å². The number of hydrogen-bond donors (Lipinski definition) is 2. The second kappa shape index (κ2) is 6.46. The van der Waals surface area contributed by atoms with Crippen molar-refractivity contribution in [3.05, 3.63) is 58.6 Å². The molecule has 0 radical (unpaired) electrons. The highest BCUT2D eigenvalue weighted by Crippen LogP contribution is 2.09. The van der Waals surface area contributed by atoms with Crippen molar-refractivity contribution in [2.45, 2.75) is 0 Å². The van der Waals surface area contributed by atoms with Crippen molar-refractivity contribution in [3.63, 3.8) is 0 Å². The maximum Gasteiger partial charge on any atom is 0.271 e. The van der Waals surface area contributed by atoms with Gasteiger partial charge in [-0.15, -0.1) is 11.3 Å². The van der Waals surface area contributed by atoms with Crippen molar-refractivity contribution in [3.8, 4) is 0 Å². The second-order valence-electron chi connectivity index (χ2n) is 3.53. The SMILES string of the molecule is O=C(/C=C/c1cccs1)NNC(=O)c1cccnc1. The summed E-state index contributed by atoms with van der Waals surface area (Å²) >= 11 is 1.52. The molecular weight excluding hydrogens is 262 g/mol. The van der Waals surface area contributed by atoms with Gasteiger partial charge in [-0.1, -0.05) is 6.07 Å². The summed E-state index contributed by atoms with van der Waals surface area (Å²) in [5.74, 6) is -0.809. The lowest BCUT2D eigenvalue weighted by atomic mass is 10.3. The monoisotopic (exact) mass is 273 g/mol. The van der Waals surface area contributed by atoms with Gasteiger partial charge in [0.2, 0.25) is 0 Å². The van der Waals surface area contributed by atoms with Crippen molar-refractivity contribution in [2.24, 2.45) is 0 Å². The van der Waals surface area contributed by atoms with E-state index < -0.39 is 11.8 Å². The molecule has 0 saturated heterocycles. The van der Waals surface area contributed by atoms with E-state index in [1.807, 2.05) is 17.5 Å². The van der Waals surface area contributed by atoms with Crippen molar-refractivity contribution < 1.29 is 9.59 Å². The van der Waals surface area contributed by atoms with E-state index in [4.69, 9.17) is 0 Å². The molecule has 5 nitrogen and oxygen atoms in total. The largest absolute Gasteiger partial charge is 0.271 e. The Kier molecular flexibility index (Phi) is 4.41. The Bertz CT molecular complexity index is 579. The topological polar surface area (TPSA) is 71.1 Å². The Balaban J connectivity index is 1.82. The van der Waals surface area contributed by atoms with E-state index in [0.717, 1.165) is 4.88 Å². The normalized spacial score (nSPS) is 10.3. The Morgan fingerprint density at radius 3 is 2.79 bits per heavy atom. The predicted octanol–water partition coefficient (Wildman–Crippen LogP) is 1.62. The van der Waals surface area contributed by atoms with Gasteiger partial charge in [0.25, 0.3) is 11.8 Å². The van der Waals surface area contributed by atoms with Gasteiger partial charge in [0.15, 0.2) is 0 Å². The number of nitrogens with one attached hydrogen (secondary N) is 2. The molecule has 0 fully saturated rings. The number of nitrogens with zero attached hydrogens (tertiary/aromatic N) is 1. The van der Waals surface area contributed by atoms with Crippen LogP contribution in [0.4, 0.5) is 0 Å². The summed E-state index contributed by atoms with van der Waals surface area (Å²) in [4.78, 5) is 27.8. The third-order valence-electron chi connectivity index (χ3n) is 2.17. The first-order chi connectivity index (χ1) is 9.25. The Labute approximate surface area is 114 Å². The molecular formula is C13H11N3O2S. The molecule has 0 aliphatic heterocycles. The summed E-state index contributed by atoms with van der Waals surface area (Å²) in [7, 11) is 0. The maximum absolute atomic E-state index is 11.6. The molecule has 0 unspecified atom stereocenters. The number of rotatable bonds is 3. The zero-order valence-electron chi connectivity index (χ0n) is 9.87. The van der Waals surface area contributed by atoms with Crippen LogP contribution >= 0.6 is 11.3 Å². The minimum absolute atomic E-state index is 0.380. The number of pyridine rings is 1. The number of hydrogen-bond acceptors (Lipinski definition) is 4. The van der Waals surface area contributed by atoms with Gasteiger partial charge in [-0.3, -0.25) is 25.4 Å². The third-order valence-corrected chi connectivity index (χ3v) is 3.00. The molecule has 6 heteroatoms. The van der Waals surface area contributed by atoms with Gasteiger partial charge in [-0.05, 0) is 29.7 Å². The fraction of sp³-hybridized carbons (Fsp3) is 0. The predicted molar refractivity (Wildman–Crippen MR) is 73.2 cm³/mol. The van der Waals surface area contributed by atoms with Crippen LogP contribution in [0.3, 0.4) is 0 Å². The average Bonchev–Trinajstić information content (AvgIpc) is 2.96. The zero-order valence-corrected chi connectivity index (χ0v) is 10.7. The molecule has 0 aromatic carbocycles. The molecule has 19 heavy (non-hydrogen) atoms. The summed E-state index contributed by atoms with van der Waals surface area (Å²) in [5, 5.41) is 1.92. The smallest absolute Gasteiger partial charge is 0.268 e. The molecule has 2 rings (SSSR count). The standard InChI is InChI=1S/C13H11N3O2S/c17-12(6-5-11-4-2-8-19-11)15-16-13(18)10-3-1-7-14-9-10/h1-9H,(H,15,17)(H,16,18)/b6-5+. The highest BCUT2D eigenvalue weighted by Gasteiger charge is 2.04. The van der Waals surface area contributed by atoms with Crippen LogP contribution < -0.4 is 10.9 Å². The third kappa shape index (κ3) is 4.04. The van der Waals surface area contributed by atoms with Crippen molar-refractivity contribution in [2.75, 3.05) is 0 Å². The fourth-order valence-electron chi connectivity index (χ4n) is 1.27. The van der Waals surface area contributed by atoms with Crippen LogP contribution in [0.15, 0.2) is 48.1 Å². The van der Waals surface area contributed by atoms with Crippen LogP contribution in [0.1, 0.15) is 15.2 Å². The lowest BCUT2D eigenvalue weighted by molar-refractivity contribution is -0.117. The minimum Gasteiger partial charge on any atom is -0.268 e. The van der Waals surface area contributed by atoms with E-state index >= 15 is 0 Å². The summed E-state index contributed by atoms with van der Waals surface area (Å²) in [5.41, 5.74) is 4.98. The summed E-state index contributed by atoms with van der Waals surface area (Å²) in [6, 6.07) is 7.04. The van der Waals surface area contributed by atoms with E-state index in [2.05, 4.69) is 15.8 Å². The van der Waals surface area contributed by atoms with E-state index in [1.54, 1.807) is 24.4 Å². The first-order valence-electron chi connectivity index (χ1n) is 5.47. The van der Waals surface area contributed by atoms with E-state index in [9.17, 15) is 9.59 Å². The number of hydrazine groups is 1. The van der Waals surface area contributed by atoms with E-state index in [0.29, 0.717) is 5.56 Å². The lowest BCUT2D eigenvalue weighted by Gasteiger charge is -2.04. The maximum atomic E-state index is 11.6. The quantitative estimate of drug-likeness (QED) is 0.659. The van der Waals surface area contributed by atoms with E-state index in [1.165, 1.54) is 23.6 Å². The number of aromatic nitrogens is 1. The van der Waals surface area contributed by atoms with Crippen molar-refractivity contribution >= 4 is 29.2 Å². The average molecular weight is 273 g/mol. The van der Waals surface area contributed by atoms with Gasteiger partial charge in [-0.25, -0.2) is 0 Å². The Morgan fingerprint density at radius 1 is 1.21 bits per heavy atom. The lowest BCUT2D eigenvalue weighted by Crippen LogP contribution is -2.40. The molecule has 0 saturated carbocycles. The van der Waals surface area contributed by atoms with Crippen LogP contribution in [0.2, 0.25) is 0 Å². The Hall–Kier alpha value is -2.47. The van der Waals surface area contributed by atoms with Crippen LogP contribution in [-0.4, -0.2) is 16.8 Å². The molecule has 2 aromatic rings. The second-order valence-corrected chi connectivity index (χ2v) is 4.51. The van der Waals surface area contributed by atoms with Gasteiger partial charge in [0.1, 0.15) is 0 Å². The van der Waals surface area contributed by atoms with Gasteiger partial charge < -0.3 is 0 Å². The molecule has 96 valence electrons. The van der Waals surface area contributed by atoms with Crippen molar-refractivity contribution in [1.82, 2.24) is 15.8 Å².